The number of piperidine rings is 1. The molecule has 1 unspecified atom stereocenters. The summed E-state index contributed by atoms with van der Waals surface area (Å²) in [4.78, 5) is 54.4. The van der Waals surface area contributed by atoms with Gasteiger partial charge in [0.1, 0.15) is 11.7 Å². The van der Waals surface area contributed by atoms with Gasteiger partial charge in [-0.25, -0.2) is 4.68 Å². The molecular formula is C23H17F3N6O4. The van der Waals surface area contributed by atoms with Crippen molar-refractivity contribution in [2.24, 2.45) is 0 Å². The van der Waals surface area contributed by atoms with Gasteiger partial charge in [-0.3, -0.25) is 34.4 Å². The molecule has 0 saturated carbocycles. The highest BCUT2D eigenvalue weighted by Crippen LogP contribution is 2.32. The third-order valence-electron chi connectivity index (χ3n) is 5.93. The number of imide groups is 2. The number of hydrogen-bond donors (Lipinski definition) is 1. The molecule has 1 atom stereocenters. The van der Waals surface area contributed by atoms with Crippen molar-refractivity contribution < 1.29 is 32.3 Å². The average Bonchev–Trinajstić information content (AvgIpc) is 3.36. The van der Waals surface area contributed by atoms with Crippen LogP contribution in [0.1, 0.15) is 50.5 Å². The highest BCUT2D eigenvalue weighted by Gasteiger charge is 2.44. The van der Waals surface area contributed by atoms with Crippen molar-refractivity contribution in [1.82, 2.24) is 30.2 Å². The zero-order valence-corrected chi connectivity index (χ0v) is 18.7. The molecule has 4 amide bonds. The lowest BCUT2D eigenvalue weighted by Gasteiger charge is -2.27. The van der Waals surface area contributed by atoms with Crippen LogP contribution >= 0.6 is 0 Å². The van der Waals surface area contributed by atoms with Gasteiger partial charge >= 0.3 is 6.18 Å². The normalized spacial score (nSPS) is 18.0. The van der Waals surface area contributed by atoms with Gasteiger partial charge in [-0.05, 0) is 37.6 Å². The molecule has 36 heavy (non-hydrogen) atoms. The summed E-state index contributed by atoms with van der Waals surface area (Å²) in [6.07, 6.45) is -2.97. The molecule has 0 bridgehead atoms. The van der Waals surface area contributed by atoms with Crippen LogP contribution in [0.15, 0.2) is 36.5 Å². The van der Waals surface area contributed by atoms with E-state index in [2.05, 4.69) is 20.6 Å². The first kappa shape index (κ1) is 23.3. The second-order valence-electron chi connectivity index (χ2n) is 8.50. The highest BCUT2D eigenvalue weighted by atomic mass is 19.4. The lowest BCUT2D eigenvalue weighted by atomic mass is 10.0. The van der Waals surface area contributed by atoms with Gasteiger partial charge in [0.2, 0.25) is 11.8 Å². The van der Waals surface area contributed by atoms with Gasteiger partial charge in [0, 0.05) is 17.7 Å². The van der Waals surface area contributed by atoms with E-state index in [1.807, 2.05) is 0 Å². The molecular weight excluding hydrogens is 481 g/mol. The van der Waals surface area contributed by atoms with Crippen LogP contribution in [0.2, 0.25) is 0 Å². The van der Waals surface area contributed by atoms with E-state index < -0.39 is 41.4 Å². The smallest absolute Gasteiger partial charge is 0.295 e. The number of carbonyl (C=O) groups excluding carboxylic acids is 4. The third-order valence-corrected chi connectivity index (χ3v) is 5.93. The summed E-state index contributed by atoms with van der Waals surface area (Å²) in [5, 5.41) is 10.1. The van der Waals surface area contributed by atoms with Crippen molar-refractivity contribution in [1.29, 1.82) is 0 Å². The van der Waals surface area contributed by atoms with E-state index in [1.54, 1.807) is 6.07 Å². The van der Waals surface area contributed by atoms with Crippen LogP contribution in [0.5, 0.6) is 0 Å². The first-order chi connectivity index (χ1) is 17.0. The van der Waals surface area contributed by atoms with Crippen LogP contribution in [0.3, 0.4) is 0 Å². The molecule has 2 aliphatic rings. The summed E-state index contributed by atoms with van der Waals surface area (Å²) in [5.41, 5.74) is 0.501. The van der Waals surface area contributed by atoms with E-state index in [4.69, 9.17) is 0 Å². The molecule has 0 aliphatic carbocycles. The maximum atomic E-state index is 13.1. The van der Waals surface area contributed by atoms with Crippen LogP contribution in [-0.2, 0) is 22.3 Å². The zero-order chi connectivity index (χ0) is 25.8. The number of amides is 4. The minimum atomic E-state index is -4.51. The number of benzene rings is 1. The Morgan fingerprint density at radius 3 is 2.53 bits per heavy atom. The fourth-order valence-corrected chi connectivity index (χ4v) is 4.29. The van der Waals surface area contributed by atoms with Gasteiger partial charge < -0.3 is 0 Å². The number of aromatic nitrogens is 4. The second kappa shape index (κ2) is 8.36. The van der Waals surface area contributed by atoms with Crippen LogP contribution in [0.4, 0.5) is 13.2 Å². The van der Waals surface area contributed by atoms with Gasteiger partial charge in [-0.15, -0.1) is 5.10 Å². The number of nitrogens with zero attached hydrogens (tertiary/aromatic N) is 5. The number of rotatable bonds is 4. The Balaban J connectivity index is 1.39. The first-order valence-corrected chi connectivity index (χ1v) is 10.8. The van der Waals surface area contributed by atoms with Crippen molar-refractivity contribution in [3.8, 4) is 11.3 Å². The number of halogens is 3. The van der Waals surface area contributed by atoms with Crippen LogP contribution in [0, 0.1) is 6.92 Å². The van der Waals surface area contributed by atoms with E-state index in [-0.39, 0.29) is 41.9 Å². The summed E-state index contributed by atoms with van der Waals surface area (Å²) < 4.78 is 40.6. The minimum Gasteiger partial charge on any atom is -0.295 e. The fraction of sp³-hybridized carbons (Fsp3) is 0.261. The lowest BCUT2D eigenvalue weighted by molar-refractivity contribution is -0.138. The Hall–Kier alpha value is -4.42. The molecule has 3 aromatic rings. The first-order valence-electron chi connectivity index (χ1n) is 10.8. The lowest BCUT2D eigenvalue weighted by Crippen LogP contribution is -2.54. The monoisotopic (exact) mass is 498 g/mol. The Kier molecular flexibility index (Phi) is 5.42. The molecule has 2 aliphatic heterocycles. The molecule has 4 heterocycles. The number of fused-ring (bicyclic) bond motifs is 1. The quantitative estimate of drug-likeness (QED) is 0.546. The Bertz CT molecular complexity index is 1450. The molecule has 10 nitrogen and oxygen atoms in total. The number of alkyl halides is 3. The SMILES string of the molecule is Cc1cc(C(F)(F)F)cc(Cn2cc(-c3ccc4c(c3)C(=O)N(C3CCC(=O)NC3=O)C4=O)nn2)n1. The largest absolute Gasteiger partial charge is 0.416 e. The number of carbonyl (C=O) groups is 4. The maximum absolute atomic E-state index is 13.1. The van der Waals surface area contributed by atoms with Crippen molar-refractivity contribution >= 4 is 23.6 Å². The molecule has 1 N–H and O–H groups in total. The number of hydrogen-bond acceptors (Lipinski definition) is 7. The summed E-state index contributed by atoms with van der Waals surface area (Å²) in [5.74, 6) is -2.47. The number of pyridine rings is 1. The van der Waals surface area contributed by atoms with Gasteiger partial charge in [0.25, 0.3) is 11.8 Å². The molecule has 2 aromatic heterocycles. The van der Waals surface area contributed by atoms with Crippen LogP contribution < -0.4 is 5.32 Å². The summed E-state index contributed by atoms with van der Waals surface area (Å²) in [6.45, 7) is 1.40. The predicted octanol–water partition coefficient (Wildman–Crippen LogP) is 2.12. The standard InChI is InChI=1S/C23H17F3N6O4/c1-11-6-13(23(24,25)26)8-14(27-11)9-31-10-17(29-30-31)12-2-3-15-16(7-12)22(36)32(21(15)35)18-4-5-19(33)28-20(18)34/h2-3,6-8,10,18H,4-5,9H2,1H3,(H,28,33,34). The van der Waals surface area contributed by atoms with E-state index in [1.165, 1.54) is 29.9 Å². The molecule has 1 saturated heterocycles. The number of nitrogens with one attached hydrogen (secondary N) is 1. The molecule has 13 heteroatoms. The molecule has 0 spiro atoms. The van der Waals surface area contributed by atoms with Crippen molar-refractivity contribution in [2.75, 3.05) is 0 Å². The summed E-state index contributed by atoms with van der Waals surface area (Å²) in [6, 6.07) is 5.26. The fourth-order valence-electron chi connectivity index (χ4n) is 4.29. The van der Waals surface area contributed by atoms with Crippen LogP contribution in [0.25, 0.3) is 11.3 Å². The second-order valence-corrected chi connectivity index (χ2v) is 8.50. The molecule has 5 rings (SSSR count). The van der Waals surface area contributed by atoms with Gasteiger partial charge in [0.05, 0.1) is 35.1 Å². The molecule has 1 aromatic carbocycles. The van der Waals surface area contributed by atoms with Crippen molar-refractivity contribution in [3.63, 3.8) is 0 Å². The minimum absolute atomic E-state index is 0.0123. The summed E-state index contributed by atoms with van der Waals surface area (Å²) >= 11 is 0. The summed E-state index contributed by atoms with van der Waals surface area (Å²) in [7, 11) is 0. The van der Waals surface area contributed by atoms with E-state index in [0.717, 1.165) is 17.0 Å². The topological polar surface area (TPSA) is 127 Å². The van der Waals surface area contributed by atoms with Gasteiger partial charge in [0.15, 0.2) is 0 Å². The van der Waals surface area contributed by atoms with E-state index in [0.29, 0.717) is 11.3 Å². The van der Waals surface area contributed by atoms with Crippen molar-refractivity contribution in [3.05, 3.63) is 64.6 Å². The Labute approximate surface area is 201 Å². The number of aryl methyl sites for hydroxylation is 1. The van der Waals surface area contributed by atoms with Gasteiger partial charge in [-0.1, -0.05) is 11.3 Å². The zero-order valence-electron chi connectivity index (χ0n) is 18.7. The molecule has 1 fully saturated rings. The average molecular weight is 498 g/mol. The maximum Gasteiger partial charge on any atom is 0.416 e. The van der Waals surface area contributed by atoms with E-state index >= 15 is 0 Å². The predicted molar refractivity (Wildman–Crippen MR) is 115 cm³/mol. The third kappa shape index (κ3) is 4.12. The molecule has 0 radical (unpaired) electrons. The van der Waals surface area contributed by atoms with Gasteiger partial charge in [-0.2, -0.15) is 13.2 Å². The molecule has 184 valence electrons. The van der Waals surface area contributed by atoms with Crippen molar-refractivity contribution in [2.45, 2.75) is 38.5 Å². The highest BCUT2D eigenvalue weighted by molar-refractivity contribution is 6.23. The van der Waals surface area contributed by atoms with Crippen LogP contribution in [-0.4, -0.2) is 54.5 Å². The Morgan fingerprint density at radius 2 is 1.81 bits per heavy atom. The Morgan fingerprint density at radius 1 is 1.06 bits per heavy atom. The van der Waals surface area contributed by atoms with E-state index in [9.17, 15) is 32.3 Å².